The summed E-state index contributed by atoms with van der Waals surface area (Å²) in [5.74, 6) is 0.871. The molecule has 0 aliphatic rings. The number of methoxy groups -OCH3 is 1. The molecule has 5 heteroatoms. The average molecular weight is 442 g/mol. The molecule has 23 heavy (non-hydrogen) atoms. The lowest BCUT2D eigenvalue weighted by Gasteiger charge is -2.14. The van der Waals surface area contributed by atoms with Crippen molar-refractivity contribution in [3.8, 4) is 5.75 Å². The van der Waals surface area contributed by atoms with Gasteiger partial charge in [0.1, 0.15) is 12.4 Å². The Kier molecular flexibility index (Phi) is 6.77. The SMILES string of the molecule is CCc1ccc(OCc2c(I)cccc2SC(=O)OC)c(C)c1. The Morgan fingerprint density at radius 3 is 2.70 bits per heavy atom. The molecule has 0 atom stereocenters. The van der Waals surface area contributed by atoms with Crippen molar-refractivity contribution in [2.45, 2.75) is 31.8 Å². The predicted octanol–water partition coefficient (Wildman–Crippen LogP) is 5.60. The van der Waals surface area contributed by atoms with E-state index in [1.165, 1.54) is 12.7 Å². The van der Waals surface area contributed by atoms with Crippen molar-refractivity contribution in [2.24, 2.45) is 0 Å². The number of hydrogen-bond acceptors (Lipinski definition) is 4. The van der Waals surface area contributed by atoms with E-state index in [0.717, 1.165) is 43.5 Å². The first kappa shape index (κ1) is 18.1. The monoisotopic (exact) mass is 442 g/mol. The molecular formula is C18H19IO3S. The highest BCUT2D eigenvalue weighted by molar-refractivity contribution is 14.1. The summed E-state index contributed by atoms with van der Waals surface area (Å²) in [7, 11) is 1.39. The van der Waals surface area contributed by atoms with Gasteiger partial charge in [-0.15, -0.1) is 0 Å². The van der Waals surface area contributed by atoms with Gasteiger partial charge in [-0.25, -0.2) is 4.79 Å². The second-order valence-corrected chi connectivity index (χ2v) is 7.15. The average Bonchev–Trinajstić information content (AvgIpc) is 2.55. The molecule has 0 heterocycles. The molecule has 0 spiro atoms. The highest BCUT2D eigenvalue weighted by Gasteiger charge is 2.13. The Morgan fingerprint density at radius 2 is 2.04 bits per heavy atom. The maximum absolute atomic E-state index is 11.5. The second-order valence-electron chi connectivity index (χ2n) is 5.01. The number of halogens is 1. The van der Waals surface area contributed by atoms with Crippen LogP contribution in [0, 0.1) is 10.5 Å². The van der Waals surface area contributed by atoms with Crippen LogP contribution in [0.2, 0.25) is 0 Å². The van der Waals surface area contributed by atoms with Crippen LogP contribution in [-0.2, 0) is 17.8 Å². The van der Waals surface area contributed by atoms with E-state index in [4.69, 9.17) is 9.47 Å². The van der Waals surface area contributed by atoms with Crippen molar-refractivity contribution in [3.05, 3.63) is 56.7 Å². The second kappa shape index (κ2) is 8.59. The van der Waals surface area contributed by atoms with Crippen molar-refractivity contribution in [2.75, 3.05) is 7.11 Å². The van der Waals surface area contributed by atoms with Gasteiger partial charge in [0.25, 0.3) is 0 Å². The number of benzene rings is 2. The van der Waals surface area contributed by atoms with Crippen molar-refractivity contribution >= 4 is 39.7 Å². The summed E-state index contributed by atoms with van der Waals surface area (Å²) in [6, 6.07) is 12.1. The zero-order valence-electron chi connectivity index (χ0n) is 13.4. The maximum atomic E-state index is 11.5. The highest BCUT2D eigenvalue weighted by Crippen LogP contribution is 2.29. The molecular weight excluding hydrogens is 423 g/mol. The standard InChI is InChI=1S/C18H19IO3S/c1-4-13-8-9-16(12(2)10-13)22-11-14-15(19)6-5-7-17(14)23-18(20)21-3/h5-10H,4,11H2,1-3H3. The van der Waals surface area contributed by atoms with Crippen LogP contribution in [0.15, 0.2) is 41.3 Å². The third-order valence-electron chi connectivity index (χ3n) is 3.46. The summed E-state index contributed by atoms with van der Waals surface area (Å²) in [5, 5.41) is -0.322. The van der Waals surface area contributed by atoms with Gasteiger partial charge in [-0.05, 0) is 77.0 Å². The molecule has 0 aliphatic heterocycles. The lowest BCUT2D eigenvalue weighted by Crippen LogP contribution is -2.03. The van der Waals surface area contributed by atoms with E-state index in [0.29, 0.717) is 6.61 Å². The summed E-state index contributed by atoms with van der Waals surface area (Å²) in [6.45, 7) is 4.61. The van der Waals surface area contributed by atoms with Crippen LogP contribution in [0.25, 0.3) is 0 Å². The Balaban J connectivity index is 2.18. The topological polar surface area (TPSA) is 35.5 Å². The zero-order valence-corrected chi connectivity index (χ0v) is 16.4. The van der Waals surface area contributed by atoms with E-state index < -0.39 is 0 Å². The molecule has 2 aromatic carbocycles. The molecule has 0 radical (unpaired) electrons. The van der Waals surface area contributed by atoms with Gasteiger partial charge in [0.15, 0.2) is 0 Å². The first-order valence-corrected chi connectivity index (χ1v) is 9.20. The van der Waals surface area contributed by atoms with Gasteiger partial charge in [-0.1, -0.05) is 25.1 Å². The van der Waals surface area contributed by atoms with E-state index in [-0.39, 0.29) is 5.30 Å². The quantitative estimate of drug-likeness (QED) is 0.343. The van der Waals surface area contributed by atoms with Gasteiger partial charge in [0.2, 0.25) is 0 Å². The summed E-state index contributed by atoms with van der Waals surface area (Å²) < 4.78 is 11.8. The minimum atomic E-state index is -0.322. The first-order valence-electron chi connectivity index (χ1n) is 7.30. The largest absolute Gasteiger partial charge is 0.489 e. The van der Waals surface area contributed by atoms with Crippen LogP contribution in [0.5, 0.6) is 5.75 Å². The van der Waals surface area contributed by atoms with E-state index in [1.54, 1.807) is 0 Å². The van der Waals surface area contributed by atoms with Gasteiger partial charge in [0.05, 0.1) is 7.11 Å². The minimum Gasteiger partial charge on any atom is -0.489 e. The molecule has 0 amide bonds. The molecule has 3 nitrogen and oxygen atoms in total. The number of ether oxygens (including phenoxy) is 2. The van der Waals surface area contributed by atoms with Crippen molar-refractivity contribution in [1.82, 2.24) is 0 Å². The van der Waals surface area contributed by atoms with Gasteiger partial charge in [0, 0.05) is 14.0 Å². The molecule has 0 unspecified atom stereocenters. The summed E-state index contributed by atoms with van der Waals surface area (Å²) in [5.41, 5.74) is 3.42. The molecule has 2 aromatic rings. The molecule has 0 N–H and O–H groups in total. The molecule has 0 saturated heterocycles. The van der Waals surface area contributed by atoms with Crippen LogP contribution in [0.4, 0.5) is 4.79 Å². The number of hydrogen-bond donors (Lipinski definition) is 0. The molecule has 122 valence electrons. The van der Waals surface area contributed by atoms with Gasteiger partial charge in [-0.2, -0.15) is 0 Å². The van der Waals surface area contributed by atoms with Crippen molar-refractivity contribution in [3.63, 3.8) is 0 Å². The summed E-state index contributed by atoms with van der Waals surface area (Å²) in [6.07, 6.45) is 1.01. The Morgan fingerprint density at radius 1 is 1.26 bits per heavy atom. The molecule has 0 fully saturated rings. The molecule has 2 rings (SSSR count). The number of rotatable bonds is 5. The fourth-order valence-corrected chi connectivity index (χ4v) is 3.69. The molecule has 0 saturated carbocycles. The fourth-order valence-electron chi connectivity index (χ4n) is 2.15. The van der Waals surface area contributed by atoms with E-state index >= 15 is 0 Å². The number of carbonyl (C=O) groups is 1. The lowest BCUT2D eigenvalue weighted by molar-refractivity contribution is 0.200. The Bertz CT molecular complexity index is 701. The van der Waals surface area contributed by atoms with Crippen LogP contribution in [0.3, 0.4) is 0 Å². The smallest absolute Gasteiger partial charge is 0.371 e. The van der Waals surface area contributed by atoms with E-state index in [9.17, 15) is 4.79 Å². The highest BCUT2D eigenvalue weighted by atomic mass is 127. The van der Waals surface area contributed by atoms with Crippen molar-refractivity contribution < 1.29 is 14.3 Å². The Hall–Kier alpha value is -1.21. The number of carbonyl (C=O) groups excluding carboxylic acids is 1. The number of thioether (sulfide) groups is 1. The molecule has 0 aliphatic carbocycles. The van der Waals surface area contributed by atoms with E-state index in [1.807, 2.05) is 24.3 Å². The maximum Gasteiger partial charge on any atom is 0.371 e. The van der Waals surface area contributed by atoms with Crippen LogP contribution >= 0.6 is 34.4 Å². The normalized spacial score (nSPS) is 10.4. The van der Waals surface area contributed by atoms with Crippen molar-refractivity contribution in [1.29, 1.82) is 0 Å². The first-order chi connectivity index (χ1) is 11.0. The molecule has 0 aromatic heterocycles. The lowest BCUT2D eigenvalue weighted by atomic mass is 10.1. The van der Waals surface area contributed by atoms with Gasteiger partial charge >= 0.3 is 5.30 Å². The summed E-state index contributed by atoms with van der Waals surface area (Å²) >= 11 is 3.35. The molecule has 0 bridgehead atoms. The van der Waals surface area contributed by atoms with Crippen LogP contribution < -0.4 is 4.74 Å². The summed E-state index contributed by atoms with van der Waals surface area (Å²) in [4.78, 5) is 12.4. The number of aryl methyl sites for hydroxylation is 2. The van der Waals surface area contributed by atoms with Crippen LogP contribution in [-0.4, -0.2) is 12.4 Å². The Labute approximate surface area is 154 Å². The third-order valence-corrected chi connectivity index (χ3v) is 5.40. The minimum absolute atomic E-state index is 0.322. The van der Waals surface area contributed by atoms with Crippen LogP contribution in [0.1, 0.15) is 23.6 Å². The van der Waals surface area contributed by atoms with Gasteiger partial charge < -0.3 is 9.47 Å². The van der Waals surface area contributed by atoms with E-state index in [2.05, 4.69) is 48.6 Å². The van der Waals surface area contributed by atoms with Gasteiger partial charge in [-0.3, -0.25) is 0 Å². The predicted molar refractivity (Wildman–Crippen MR) is 102 cm³/mol. The zero-order chi connectivity index (χ0) is 16.8. The third kappa shape index (κ3) is 4.88. The fraction of sp³-hybridized carbons (Fsp3) is 0.278.